The van der Waals surface area contributed by atoms with Crippen LogP contribution in [0.2, 0.25) is 0 Å². The molecule has 1 saturated heterocycles. The summed E-state index contributed by atoms with van der Waals surface area (Å²) in [5.41, 5.74) is 1.26. The van der Waals surface area contributed by atoms with Crippen LogP contribution < -0.4 is 5.32 Å². The molecular weight excluding hydrogens is 310 g/mol. The lowest BCUT2D eigenvalue weighted by Gasteiger charge is -2.24. The minimum absolute atomic E-state index is 0.327. The van der Waals surface area contributed by atoms with E-state index in [1.54, 1.807) is 0 Å². The van der Waals surface area contributed by atoms with Gasteiger partial charge in [0.25, 0.3) is 0 Å². The summed E-state index contributed by atoms with van der Waals surface area (Å²) in [6.45, 7) is 2.50. The molecule has 1 aromatic rings. The van der Waals surface area contributed by atoms with Crippen LogP contribution in [0.4, 0.5) is 0 Å². The average Bonchev–Trinajstić information content (AvgIpc) is 2.23. The monoisotopic (exact) mass is 319 g/mol. The second-order valence-electron chi connectivity index (χ2n) is 3.26. The fourth-order valence-electron chi connectivity index (χ4n) is 1.51. The molecule has 1 heterocycles. The molecule has 0 amide bonds. The molecule has 0 saturated carbocycles. The molecule has 1 atom stereocenters. The van der Waals surface area contributed by atoms with Gasteiger partial charge in [-0.15, -0.1) is 0 Å². The average molecular weight is 321 g/mol. The second-order valence-corrected chi connectivity index (χ2v) is 4.96. The van der Waals surface area contributed by atoms with Crippen LogP contribution >= 0.6 is 31.9 Å². The lowest BCUT2D eigenvalue weighted by Crippen LogP contribution is -2.34. The van der Waals surface area contributed by atoms with E-state index in [4.69, 9.17) is 4.74 Å². The molecule has 0 radical (unpaired) electrons. The molecule has 0 aliphatic carbocycles. The van der Waals surface area contributed by atoms with Gasteiger partial charge in [0, 0.05) is 15.5 Å². The third-order valence-electron chi connectivity index (χ3n) is 2.27. The summed E-state index contributed by atoms with van der Waals surface area (Å²) in [4.78, 5) is 0. The molecule has 2 nitrogen and oxygen atoms in total. The first-order chi connectivity index (χ1) is 6.77. The third-order valence-corrected chi connectivity index (χ3v) is 4.15. The maximum atomic E-state index is 5.42. The Morgan fingerprint density at radius 2 is 2.14 bits per heavy atom. The zero-order chi connectivity index (χ0) is 9.97. The highest BCUT2D eigenvalue weighted by Gasteiger charge is 2.15. The van der Waals surface area contributed by atoms with E-state index >= 15 is 0 Å². The van der Waals surface area contributed by atoms with Crippen molar-refractivity contribution in [2.75, 3.05) is 19.8 Å². The van der Waals surface area contributed by atoms with Crippen LogP contribution in [0.1, 0.15) is 11.6 Å². The van der Waals surface area contributed by atoms with Gasteiger partial charge < -0.3 is 10.1 Å². The largest absolute Gasteiger partial charge is 0.378 e. The van der Waals surface area contributed by atoms with Crippen LogP contribution in [0.3, 0.4) is 0 Å². The molecule has 0 bridgehead atoms. The summed E-state index contributed by atoms with van der Waals surface area (Å²) in [6.07, 6.45) is 0. The molecule has 0 aromatic heterocycles. The lowest BCUT2D eigenvalue weighted by atomic mass is 10.1. The highest BCUT2D eigenvalue weighted by Crippen LogP contribution is 2.27. The minimum atomic E-state index is 0.327. The maximum Gasteiger partial charge on any atom is 0.0662 e. The third kappa shape index (κ3) is 2.37. The Morgan fingerprint density at radius 3 is 2.79 bits per heavy atom. The van der Waals surface area contributed by atoms with E-state index in [9.17, 15) is 0 Å². The smallest absolute Gasteiger partial charge is 0.0662 e. The van der Waals surface area contributed by atoms with E-state index in [2.05, 4.69) is 55.4 Å². The highest BCUT2D eigenvalue weighted by molar-refractivity contribution is 9.13. The Kier molecular flexibility index (Phi) is 3.60. The van der Waals surface area contributed by atoms with Crippen LogP contribution in [-0.4, -0.2) is 19.8 Å². The zero-order valence-corrected chi connectivity index (χ0v) is 10.8. The van der Waals surface area contributed by atoms with Crippen molar-refractivity contribution in [3.8, 4) is 0 Å². The van der Waals surface area contributed by atoms with Gasteiger partial charge >= 0.3 is 0 Å². The Hall–Kier alpha value is 0.1000. The van der Waals surface area contributed by atoms with Crippen molar-refractivity contribution in [3.05, 3.63) is 32.7 Å². The SMILES string of the molecule is Brc1ccc([C@H]2COCCN2)cc1Br. The van der Waals surface area contributed by atoms with Gasteiger partial charge in [-0.1, -0.05) is 6.07 Å². The molecule has 76 valence electrons. The van der Waals surface area contributed by atoms with Crippen LogP contribution in [0.5, 0.6) is 0 Å². The molecule has 0 spiro atoms. The number of halogens is 2. The predicted molar refractivity (Wildman–Crippen MR) is 63.4 cm³/mol. The van der Waals surface area contributed by atoms with E-state index in [0.29, 0.717) is 6.04 Å². The number of rotatable bonds is 1. The minimum Gasteiger partial charge on any atom is -0.378 e. The fourth-order valence-corrected chi connectivity index (χ4v) is 2.15. The standard InChI is InChI=1S/C10H11Br2NO/c11-8-2-1-7(5-9(8)12)10-6-14-4-3-13-10/h1-2,5,10,13H,3-4,6H2/t10-/m1/s1. The predicted octanol–water partition coefficient (Wildman–Crippen LogP) is 2.87. The first kappa shape index (κ1) is 10.6. The fraction of sp³-hybridized carbons (Fsp3) is 0.400. The van der Waals surface area contributed by atoms with Gasteiger partial charge in [-0.05, 0) is 49.6 Å². The van der Waals surface area contributed by atoms with Crippen molar-refractivity contribution in [3.63, 3.8) is 0 Å². The van der Waals surface area contributed by atoms with Crippen LogP contribution in [0.25, 0.3) is 0 Å². The molecule has 1 aromatic carbocycles. The Balaban J connectivity index is 2.18. The van der Waals surface area contributed by atoms with Crippen molar-refractivity contribution in [1.82, 2.24) is 5.32 Å². The molecule has 1 aliphatic rings. The number of ether oxygens (including phenoxy) is 1. The molecule has 2 rings (SSSR count). The summed E-state index contributed by atoms with van der Waals surface area (Å²) < 4.78 is 7.58. The molecule has 1 fully saturated rings. The number of hydrogen-bond donors (Lipinski definition) is 1. The van der Waals surface area contributed by atoms with Crippen LogP contribution in [-0.2, 0) is 4.74 Å². The van der Waals surface area contributed by atoms with E-state index in [-0.39, 0.29) is 0 Å². The molecule has 14 heavy (non-hydrogen) atoms. The number of hydrogen-bond acceptors (Lipinski definition) is 2. The van der Waals surface area contributed by atoms with E-state index < -0.39 is 0 Å². The van der Waals surface area contributed by atoms with Crippen molar-refractivity contribution >= 4 is 31.9 Å². The van der Waals surface area contributed by atoms with E-state index in [1.165, 1.54) is 5.56 Å². The topological polar surface area (TPSA) is 21.3 Å². The first-order valence-electron chi connectivity index (χ1n) is 4.53. The highest BCUT2D eigenvalue weighted by atomic mass is 79.9. The Morgan fingerprint density at radius 1 is 1.29 bits per heavy atom. The number of benzene rings is 1. The van der Waals surface area contributed by atoms with Gasteiger partial charge in [-0.3, -0.25) is 0 Å². The molecule has 4 heteroatoms. The zero-order valence-electron chi connectivity index (χ0n) is 7.59. The van der Waals surface area contributed by atoms with Gasteiger partial charge in [0.2, 0.25) is 0 Å². The summed E-state index contributed by atoms with van der Waals surface area (Å²) in [7, 11) is 0. The second kappa shape index (κ2) is 4.75. The first-order valence-corrected chi connectivity index (χ1v) is 6.12. The number of morpholine rings is 1. The number of nitrogens with one attached hydrogen (secondary N) is 1. The summed E-state index contributed by atoms with van der Waals surface area (Å²) in [5, 5.41) is 3.42. The maximum absolute atomic E-state index is 5.42. The van der Waals surface area contributed by atoms with Gasteiger partial charge in [-0.2, -0.15) is 0 Å². The van der Waals surface area contributed by atoms with Crippen molar-refractivity contribution in [2.24, 2.45) is 0 Å². The lowest BCUT2D eigenvalue weighted by molar-refractivity contribution is 0.0768. The summed E-state index contributed by atoms with van der Waals surface area (Å²) in [5.74, 6) is 0. The summed E-state index contributed by atoms with van der Waals surface area (Å²) in [6, 6.07) is 6.61. The molecular formula is C10H11Br2NO. The van der Waals surface area contributed by atoms with Gasteiger partial charge in [-0.25, -0.2) is 0 Å². The van der Waals surface area contributed by atoms with Gasteiger partial charge in [0.1, 0.15) is 0 Å². The van der Waals surface area contributed by atoms with Crippen molar-refractivity contribution in [2.45, 2.75) is 6.04 Å². The van der Waals surface area contributed by atoms with Gasteiger partial charge in [0.15, 0.2) is 0 Å². The van der Waals surface area contributed by atoms with Crippen LogP contribution in [0, 0.1) is 0 Å². The normalized spacial score (nSPS) is 22.3. The molecule has 1 aliphatic heterocycles. The Bertz CT molecular complexity index is 324. The van der Waals surface area contributed by atoms with Crippen LogP contribution in [0.15, 0.2) is 27.1 Å². The quantitative estimate of drug-likeness (QED) is 0.859. The molecule has 1 N–H and O–H groups in total. The molecule has 0 unspecified atom stereocenters. The van der Waals surface area contributed by atoms with Gasteiger partial charge in [0.05, 0.1) is 19.3 Å². The van der Waals surface area contributed by atoms with E-state index in [1.807, 2.05) is 0 Å². The van der Waals surface area contributed by atoms with Crippen molar-refractivity contribution in [1.29, 1.82) is 0 Å². The van der Waals surface area contributed by atoms with E-state index in [0.717, 1.165) is 28.7 Å². The van der Waals surface area contributed by atoms with Crippen molar-refractivity contribution < 1.29 is 4.74 Å². The Labute approximate surface area is 100 Å². The summed E-state index contributed by atoms with van der Waals surface area (Å²) >= 11 is 6.95.